The normalized spacial score (nSPS) is 12.6. The molecule has 12 heteroatoms. The molecule has 146 valence electrons. The Morgan fingerprint density at radius 1 is 1.18 bits per heavy atom. The molecular formula is C16H12F3N5O3S. The Balaban J connectivity index is 1.62. The van der Waals surface area contributed by atoms with Crippen LogP contribution in [0.1, 0.15) is 17.3 Å². The van der Waals surface area contributed by atoms with Gasteiger partial charge in [-0.3, -0.25) is 4.79 Å². The van der Waals surface area contributed by atoms with Crippen molar-refractivity contribution in [3.8, 4) is 0 Å². The Morgan fingerprint density at radius 2 is 1.89 bits per heavy atom. The summed E-state index contributed by atoms with van der Waals surface area (Å²) < 4.78 is 42.0. The van der Waals surface area contributed by atoms with Crippen LogP contribution in [0.25, 0.3) is 11.2 Å². The third-order valence-electron chi connectivity index (χ3n) is 3.44. The van der Waals surface area contributed by atoms with Crippen molar-refractivity contribution in [2.75, 3.05) is 5.32 Å². The molecule has 0 bridgehead atoms. The van der Waals surface area contributed by atoms with Crippen molar-refractivity contribution in [1.82, 2.24) is 19.9 Å². The largest absolute Gasteiger partial charge is 0.449 e. The number of hydrogen-bond acceptors (Lipinski definition) is 7. The van der Waals surface area contributed by atoms with Crippen LogP contribution < -0.4 is 5.32 Å². The number of anilines is 1. The first-order chi connectivity index (χ1) is 13.2. The Labute approximate surface area is 159 Å². The minimum atomic E-state index is -4.42. The number of imidazole rings is 1. The van der Waals surface area contributed by atoms with Crippen LogP contribution in [0.2, 0.25) is 0 Å². The summed E-state index contributed by atoms with van der Waals surface area (Å²) in [6.07, 6.45) is 1.43. The lowest BCUT2D eigenvalue weighted by Gasteiger charge is -2.13. The van der Waals surface area contributed by atoms with E-state index in [1.54, 1.807) is 0 Å². The lowest BCUT2D eigenvalue weighted by molar-refractivity contribution is -0.123. The molecule has 28 heavy (non-hydrogen) atoms. The first-order valence-corrected chi connectivity index (χ1v) is 8.56. The van der Waals surface area contributed by atoms with Crippen LogP contribution in [-0.4, -0.2) is 43.4 Å². The van der Waals surface area contributed by atoms with E-state index < -0.39 is 23.5 Å². The summed E-state index contributed by atoms with van der Waals surface area (Å²) in [5.74, 6) is -1.32. The number of carbonyl (C=O) groups is 2. The number of alkyl halides is 3. The highest BCUT2D eigenvalue weighted by Crippen LogP contribution is 2.36. The monoisotopic (exact) mass is 411 g/mol. The van der Waals surface area contributed by atoms with Crippen molar-refractivity contribution in [3.05, 3.63) is 42.5 Å². The zero-order valence-electron chi connectivity index (χ0n) is 14.1. The summed E-state index contributed by atoms with van der Waals surface area (Å²) in [4.78, 5) is 38.8. The number of ether oxygens (including phenoxy) is 1. The van der Waals surface area contributed by atoms with Crippen LogP contribution in [0.15, 0.2) is 41.8 Å². The van der Waals surface area contributed by atoms with Gasteiger partial charge in [-0.15, -0.1) is 0 Å². The minimum Gasteiger partial charge on any atom is -0.449 e. The fourth-order valence-electron chi connectivity index (χ4n) is 2.15. The number of rotatable bonds is 5. The van der Waals surface area contributed by atoms with E-state index in [0.29, 0.717) is 11.2 Å². The third-order valence-corrected chi connectivity index (χ3v) is 4.18. The fraction of sp³-hybridized carbons (Fsp3) is 0.188. The molecule has 1 atom stereocenters. The predicted octanol–water partition coefficient (Wildman–Crippen LogP) is 3.15. The highest BCUT2D eigenvalue weighted by Gasteiger charge is 2.29. The average molecular weight is 411 g/mol. The van der Waals surface area contributed by atoms with Crippen molar-refractivity contribution in [3.63, 3.8) is 0 Å². The number of nitrogens with one attached hydrogen (secondary N) is 2. The second kappa shape index (κ2) is 7.84. The summed E-state index contributed by atoms with van der Waals surface area (Å²) in [6.45, 7) is 1.35. The van der Waals surface area contributed by atoms with Gasteiger partial charge in [0.05, 0.1) is 11.9 Å². The number of thioether (sulfide) groups is 1. The molecule has 3 rings (SSSR count). The van der Waals surface area contributed by atoms with Gasteiger partial charge in [0.15, 0.2) is 17.6 Å². The number of aromatic amines is 1. The van der Waals surface area contributed by atoms with Gasteiger partial charge in [0, 0.05) is 4.90 Å². The van der Waals surface area contributed by atoms with E-state index in [1.165, 1.54) is 31.7 Å². The molecular weight excluding hydrogens is 399 g/mol. The molecule has 0 saturated carbocycles. The molecule has 0 fully saturated rings. The van der Waals surface area contributed by atoms with E-state index >= 15 is 0 Å². The second-order valence-electron chi connectivity index (χ2n) is 5.43. The summed E-state index contributed by atoms with van der Waals surface area (Å²) in [7, 11) is 0. The average Bonchev–Trinajstić information content (AvgIpc) is 3.10. The number of halogens is 3. The zero-order chi connectivity index (χ0) is 20.3. The van der Waals surface area contributed by atoms with E-state index in [-0.39, 0.29) is 28.0 Å². The smallest absolute Gasteiger partial charge is 0.446 e. The first-order valence-electron chi connectivity index (χ1n) is 7.74. The van der Waals surface area contributed by atoms with Gasteiger partial charge >= 0.3 is 11.5 Å². The molecule has 2 N–H and O–H groups in total. The number of esters is 1. The molecule has 1 unspecified atom stereocenters. The molecule has 1 amide bonds. The van der Waals surface area contributed by atoms with Crippen LogP contribution in [0.4, 0.5) is 19.0 Å². The van der Waals surface area contributed by atoms with Gasteiger partial charge in [-0.05, 0) is 43.0 Å². The Bertz CT molecular complexity index is 1010. The van der Waals surface area contributed by atoms with E-state index in [4.69, 9.17) is 4.74 Å². The van der Waals surface area contributed by atoms with Crippen molar-refractivity contribution in [2.45, 2.75) is 23.4 Å². The molecule has 8 nitrogen and oxygen atoms in total. The number of fused-ring (bicyclic) bond motifs is 1. The number of amides is 1. The van der Waals surface area contributed by atoms with Crippen LogP contribution in [0.3, 0.4) is 0 Å². The van der Waals surface area contributed by atoms with Crippen molar-refractivity contribution >= 4 is 40.6 Å². The highest BCUT2D eigenvalue weighted by atomic mass is 32.2. The molecule has 0 aliphatic heterocycles. The van der Waals surface area contributed by atoms with Gasteiger partial charge in [-0.1, -0.05) is 0 Å². The maximum Gasteiger partial charge on any atom is 0.446 e. The molecule has 0 spiro atoms. The summed E-state index contributed by atoms with van der Waals surface area (Å²) >= 11 is -0.294. The van der Waals surface area contributed by atoms with E-state index in [2.05, 4.69) is 25.3 Å². The van der Waals surface area contributed by atoms with Crippen LogP contribution in [0, 0.1) is 0 Å². The third kappa shape index (κ3) is 4.76. The van der Waals surface area contributed by atoms with E-state index in [9.17, 15) is 22.8 Å². The fourth-order valence-corrected chi connectivity index (χ4v) is 2.69. The SMILES string of the molecule is CC(OC(=O)c1ccc(SC(F)(F)F)cc1)C(=O)Nc1ncnc2nc[nH]c12. The lowest BCUT2D eigenvalue weighted by atomic mass is 10.2. The highest BCUT2D eigenvalue weighted by molar-refractivity contribution is 8.00. The number of nitrogens with zero attached hydrogens (tertiary/aromatic N) is 3. The Hall–Kier alpha value is -3.15. The van der Waals surface area contributed by atoms with Gasteiger partial charge in [-0.25, -0.2) is 19.7 Å². The van der Waals surface area contributed by atoms with Crippen LogP contribution >= 0.6 is 11.8 Å². The minimum absolute atomic E-state index is 0.0177. The summed E-state index contributed by atoms with van der Waals surface area (Å²) in [5.41, 5.74) is -3.64. The molecule has 0 aliphatic carbocycles. The van der Waals surface area contributed by atoms with Gasteiger partial charge in [-0.2, -0.15) is 13.2 Å². The number of aromatic nitrogens is 4. The molecule has 2 heterocycles. The molecule has 3 aromatic rings. The Morgan fingerprint density at radius 3 is 2.57 bits per heavy atom. The van der Waals surface area contributed by atoms with Gasteiger partial charge in [0.2, 0.25) is 0 Å². The quantitative estimate of drug-likeness (QED) is 0.490. The van der Waals surface area contributed by atoms with Crippen molar-refractivity contribution in [2.24, 2.45) is 0 Å². The van der Waals surface area contributed by atoms with Crippen molar-refractivity contribution < 1.29 is 27.5 Å². The van der Waals surface area contributed by atoms with E-state index in [1.807, 2.05) is 0 Å². The lowest BCUT2D eigenvalue weighted by Crippen LogP contribution is -2.30. The Kier molecular flexibility index (Phi) is 5.49. The summed E-state index contributed by atoms with van der Waals surface area (Å²) in [6, 6.07) is 4.68. The standard InChI is InChI=1S/C16H12F3N5O3S/c1-8(14(25)24-13-11-12(21-6-20-11)22-7-23-13)27-15(26)9-2-4-10(5-3-9)28-16(17,18)19/h2-8H,1H3,(H2,20,21,22,23,24,25). The second-order valence-corrected chi connectivity index (χ2v) is 6.57. The maximum absolute atomic E-state index is 12.3. The van der Waals surface area contributed by atoms with Crippen molar-refractivity contribution in [1.29, 1.82) is 0 Å². The molecule has 2 aromatic heterocycles. The number of benzene rings is 1. The summed E-state index contributed by atoms with van der Waals surface area (Å²) in [5, 5.41) is 2.50. The number of H-pyrrole nitrogens is 1. The van der Waals surface area contributed by atoms with E-state index in [0.717, 1.165) is 12.1 Å². The van der Waals surface area contributed by atoms with Gasteiger partial charge in [0.25, 0.3) is 5.91 Å². The van der Waals surface area contributed by atoms with Crippen LogP contribution in [0.5, 0.6) is 0 Å². The zero-order valence-corrected chi connectivity index (χ0v) is 15.0. The van der Waals surface area contributed by atoms with Gasteiger partial charge < -0.3 is 15.0 Å². The molecule has 0 aliphatic rings. The molecule has 1 aromatic carbocycles. The number of hydrogen-bond donors (Lipinski definition) is 2. The maximum atomic E-state index is 12.3. The molecule has 0 radical (unpaired) electrons. The predicted molar refractivity (Wildman–Crippen MR) is 93.5 cm³/mol. The first kappa shape index (κ1) is 19.6. The van der Waals surface area contributed by atoms with Gasteiger partial charge in [0.1, 0.15) is 11.8 Å². The number of carbonyl (C=O) groups excluding carboxylic acids is 2. The molecule has 0 saturated heterocycles. The topological polar surface area (TPSA) is 110 Å². The van der Waals surface area contributed by atoms with Crippen LogP contribution in [-0.2, 0) is 9.53 Å².